The van der Waals surface area contributed by atoms with Gasteiger partial charge in [0.25, 0.3) is 0 Å². The van der Waals surface area contributed by atoms with Gasteiger partial charge in [-0.15, -0.1) is 0 Å². The Morgan fingerprint density at radius 1 is 0.913 bits per heavy atom. The molecule has 0 amide bonds. The molecule has 0 aromatic heterocycles. The largest absolute Gasteiger partial charge is 0.469 e. The first-order valence-electron chi connectivity index (χ1n) is 7.55. The Labute approximate surface area is 148 Å². The number of hydrogen-bond acceptors (Lipinski definition) is 6. The van der Waals surface area contributed by atoms with E-state index >= 15 is 0 Å². The van der Waals surface area contributed by atoms with E-state index in [0.29, 0.717) is 19.4 Å². The van der Waals surface area contributed by atoms with Crippen LogP contribution in [0.25, 0.3) is 0 Å². The SMILES string of the molecule is COC(=O)CC(C)(C)CCBr.COC(=O)CC(C)(C)CCON. The van der Waals surface area contributed by atoms with Crippen LogP contribution in [0.2, 0.25) is 0 Å². The van der Waals surface area contributed by atoms with Gasteiger partial charge in [0.05, 0.1) is 33.7 Å². The molecule has 0 rings (SSSR count). The van der Waals surface area contributed by atoms with Gasteiger partial charge in [0.2, 0.25) is 0 Å². The normalized spacial score (nSPS) is 11.3. The molecule has 0 aliphatic rings. The fourth-order valence-corrected chi connectivity index (χ4v) is 2.77. The number of hydrogen-bond donors (Lipinski definition) is 1. The summed E-state index contributed by atoms with van der Waals surface area (Å²) in [7, 11) is 2.81. The lowest BCUT2D eigenvalue weighted by atomic mass is 9.86. The Kier molecular flexibility index (Phi) is 13.6. The molecule has 23 heavy (non-hydrogen) atoms. The molecule has 2 N–H and O–H groups in total. The molecule has 0 aliphatic heterocycles. The van der Waals surface area contributed by atoms with Gasteiger partial charge in [-0.1, -0.05) is 43.6 Å². The molecule has 0 unspecified atom stereocenters. The van der Waals surface area contributed by atoms with Crippen molar-refractivity contribution >= 4 is 27.9 Å². The van der Waals surface area contributed by atoms with E-state index < -0.39 is 0 Å². The summed E-state index contributed by atoms with van der Waals surface area (Å²) in [5, 5.41) is 0.928. The van der Waals surface area contributed by atoms with E-state index in [-0.39, 0.29) is 22.8 Å². The lowest BCUT2D eigenvalue weighted by Gasteiger charge is -2.21. The van der Waals surface area contributed by atoms with E-state index in [2.05, 4.69) is 44.1 Å². The van der Waals surface area contributed by atoms with Crippen LogP contribution in [0.3, 0.4) is 0 Å². The molecule has 138 valence electrons. The molecule has 0 radical (unpaired) electrons. The molecule has 0 aromatic carbocycles. The topological polar surface area (TPSA) is 87.8 Å². The molecule has 0 aromatic rings. The van der Waals surface area contributed by atoms with Crippen molar-refractivity contribution in [1.82, 2.24) is 0 Å². The van der Waals surface area contributed by atoms with Gasteiger partial charge in [0.1, 0.15) is 0 Å². The van der Waals surface area contributed by atoms with Gasteiger partial charge in [-0.3, -0.25) is 9.59 Å². The zero-order valence-corrected chi connectivity index (χ0v) is 16.8. The zero-order chi connectivity index (χ0) is 18.5. The van der Waals surface area contributed by atoms with Gasteiger partial charge < -0.3 is 14.3 Å². The maximum absolute atomic E-state index is 10.9. The van der Waals surface area contributed by atoms with Gasteiger partial charge in [-0.25, -0.2) is 5.90 Å². The fraction of sp³-hybridized carbons (Fsp3) is 0.875. The molecule has 0 bridgehead atoms. The Bertz CT molecular complexity index is 345. The molecule has 0 fully saturated rings. The third-order valence-electron chi connectivity index (χ3n) is 3.37. The highest BCUT2D eigenvalue weighted by molar-refractivity contribution is 9.09. The Balaban J connectivity index is 0. The number of esters is 2. The lowest BCUT2D eigenvalue weighted by molar-refractivity contribution is -0.144. The van der Waals surface area contributed by atoms with Gasteiger partial charge in [-0.2, -0.15) is 0 Å². The molecule has 0 heterocycles. The molecule has 6 nitrogen and oxygen atoms in total. The quantitative estimate of drug-likeness (QED) is 0.365. The predicted molar refractivity (Wildman–Crippen MR) is 94.0 cm³/mol. The number of alkyl halides is 1. The minimum atomic E-state index is -0.197. The van der Waals surface area contributed by atoms with Gasteiger partial charge >= 0.3 is 11.9 Å². The van der Waals surface area contributed by atoms with Crippen LogP contribution >= 0.6 is 15.9 Å². The van der Waals surface area contributed by atoms with E-state index in [9.17, 15) is 9.59 Å². The van der Waals surface area contributed by atoms with Crippen molar-refractivity contribution in [1.29, 1.82) is 0 Å². The standard InChI is InChI=1S/C8H15BrO2.C8H17NO3/c1-8(2,4-5-9)6-7(10)11-3;1-8(2,4-5-12-9)6-7(10)11-3/h4-6H2,1-3H3;4-6,9H2,1-3H3. The summed E-state index contributed by atoms with van der Waals surface area (Å²) in [6.07, 6.45) is 2.63. The second-order valence-corrected chi connectivity index (χ2v) is 7.69. The van der Waals surface area contributed by atoms with Gasteiger partial charge in [0, 0.05) is 5.33 Å². The van der Waals surface area contributed by atoms with Crippen molar-refractivity contribution in [2.45, 2.75) is 53.4 Å². The highest BCUT2D eigenvalue weighted by Crippen LogP contribution is 2.26. The van der Waals surface area contributed by atoms with E-state index in [0.717, 1.165) is 18.2 Å². The smallest absolute Gasteiger partial charge is 0.306 e. The predicted octanol–water partition coefficient (Wildman–Crippen LogP) is 3.22. The number of methoxy groups -OCH3 is 2. The van der Waals surface area contributed by atoms with E-state index in [1.807, 2.05) is 13.8 Å². The van der Waals surface area contributed by atoms with Crippen LogP contribution in [0.4, 0.5) is 0 Å². The fourth-order valence-electron chi connectivity index (χ4n) is 1.69. The van der Waals surface area contributed by atoms with Crippen LogP contribution in [0.5, 0.6) is 0 Å². The summed E-state index contributed by atoms with van der Waals surface area (Å²) in [6, 6.07) is 0. The van der Waals surface area contributed by atoms with E-state index in [1.165, 1.54) is 14.2 Å². The number of rotatable bonds is 9. The molecule has 0 atom stereocenters. The zero-order valence-electron chi connectivity index (χ0n) is 15.2. The van der Waals surface area contributed by atoms with Crippen LogP contribution in [0.15, 0.2) is 0 Å². The second kappa shape index (κ2) is 12.7. The molecular formula is C16H32BrNO5. The summed E-state index contributed by atoms with van der Waals surface area (Å²) in [5.41, 5.74) is -0.0525. The van der Waals surface area contributed by atoms with Crippen molar-refractivity contribution in [3.63, 3.8) is 0 Å². The maximum Gasteiger partial charge on any atom is 0.306 e. The third kappa shape index (κ3) is 16.0. The van der Waals surface area contributed by atoms with E-state index in [4.69, 9.17) is 5.90 Å². The summed E-state index contributed by atoms with van der Waals surface area (Å²) >= 11 is 3.34. The first-order valence-corrected chi connectivity index (χ1v) is 8.67. The summed E-state index contributed by atoms with van der Waals surface area (Å²) in [4.78, 5) is 26.2. The van der Waals surface area contributed by atoms with Crippen LogP contribution in [0.1, 0.15) is 53.4 Å². The number of carbonyl (C=O) groups excluding carboxylic acids is 2. The lowest BCUT2D eigenvalue weighted by Crippen LogP contribution is -2.20. The summed E-state index contributed by atoms with van der Waals surface area (Å²) < 4.78 is 9.13. The monoisotopic (exact) mass is 397 g/mol. The molecule has 0 aliphatic carbocycles. The van der Waals surface area contributed by atoms with Crippen molar-refractivity contribution in [2.75, 3.05) is 26.2 Å². The first kappa shape index (κ1) is 24.6. The Morgan fingerprint density at radius 3 is 1.61 bits per heavy atom. The van der Waals surface area contributed by atoms with Crippen LogP contribution in [-0.2, 0) is 23.9 Å². The number of halogens is 1. The van der Waals surface area contributed by atoms with Crippen molar-refractivity contribution < 1.29 is 23.9 Å². The Hall–Kier alpha value is -0.660. The Morgan fingerprint density at radius 2 is 1.30 bits per heavy atom. The van der Waals surface area contributed by atoms with Crippen LogP contribution in [0, 0.1) is 10.8 Å². The molecule has 7 heteroatoms. The average molecular weight is 398 g/mol. The third-order valence-corrected chi connectivity index (χ3v) is 3.77. The molecule has 0 saturated heterocycles. The molecule has 0 saturated carbocycles. The van der Waals surface area contributed by atoms with Crippen LogP contribution < -0.4 is 5.90 Å². The summed E-state index contributed by atoms with van der Waals surface area (Å²) in [6.45, 7) is 8.53. The van der Waals surface area contributed by atoms with Crippen molar-refractivity contribution in [3.05, 3.63) is 0 Å². The highest BCUT2D eigenvalue weighted by atomic mass is 79.9. The number of nitrogens with two attached hydrogens (primary N) is 1. The summed E-state index contributed by atoms with van der Waals surface area (Å²) in [5.74, 6) is 4.56. The minimum Gasteiger partial charge on any atom is -0.469 e. The van der Waals surface area contributed by atoms with Crippen LogP contribution in [-0.4, -0.2) is 38.1 Å². The number of ether oxygens (including phenoxy) is 2. The minimum absolute atomic E-state index is 0.0522. The van der Waals surface area contributed by atoms with E-state index in [1.54, 1.807) is 0 Å². The van der Waals surface area contributed by atoms with Crippen molar-refractivity contribution in [2.24, 2.45) is 16.7 Å². The first-order chi connectivity index (χ1) is 10.5. The van der Waals surface area contributed by atoms with Crippen molar-refractivity contribution in [3.8, 4) is 0 Å². The second-order valence-electron chi connectivity index (χ2n) is 6.89. The average Bonchev–Trinajstić information content (AvgIpc) is 2.44. The maximum atomic E-state index is 10.9. The molecular weight excluding hydrogens is 366 g/mol. The van der Waals surface area contributed by atoms with Gasteiger partial charge in [0.15, 0.2) is 0 Å². The van der Waals surface area contributed by atoms with Gasteiger partial charge in [-0.05, 0) is 23.7 Å². The molecule has 0 spiro atoms. The highest BCUT2D eigenvalue weighted by Gasteiger charge is 2.22. The number of carbonyl (C=O) groups is 2.